The molecular weight excluding hydrogens is 300 g/mol. The fourth-order valence-corrected chi connectivity index (χ4v) is 4.37. The minimum absolute atomic E-state index is 0.877. The highest BCUT2D eigenvalue weighted by Gasteiger charge is 2.15. The maximum atomic E-state index is 6.46. The summed E-state index contributed by atoms with van der Waals surface area (Å²) in [5.74, 6) is 0.909. The molecular formula is C17H23ClN2S. The van der Waals surface area contributed by atoms with Crippen molar-refractivity contribution in [2.24, 2.45) is 5.92 Å². The van der Waals surface area contributed by atoms with Gasteiger partial charge in [0.15, 0.2) is 0 Å². The van der Waals surface area contributed by atoms with Crippen molar-refractivity contribution in [2.75, 3.05) is 26.2 Å². The van der Waals surface area contributed by atoms with Gasteiger partial charge in [0.1, 0.15) is 0 Å². The molecule has 1 aliphatic rings. The Morgan fingerprint density at radius 1 is 1.29 bits per heavy atom. The second kappa shape index (κ2) is 7.10. The zero-order chi connectivity index (χ0) is 14.7. The summed E-state index contributed by atoms with van der Waals surface area (Å²) in [6.45, 7) is 7.94. The molecule has 3 rings (SSSR count). The third-order valence-electron chi connectivity index (χ3n) is 4.37. The fourth-order valence-electron chi connectivity index (χ4n) is 2.90. The van der Waals surface area contributed by atoms with E-state index in [2.05, 4.69) is 41.4 Å². The van der Waals surface area contributed by atoms with Crippen LogP contribution >= 0.6 is 22.9 Å². The molecule has 1 aliphatic heterocycles. The number of hydrogen-bond acceptors (Lipinski definition) is 3. The molecule has 0 amide bonds. The van der Waals surface area contributed by atoms with Crippen LogP contribution in [0.3, 0.4) is 0 Å². The number of nitrogens with zero attached hydrogens (tertiary/aromatic N) is 1. The van der Waals surface area contributed by atoms with Gasteiger partial charge in [0.25, 0.3) is 0 Å². The number of rotatable bonds is 5. The zero-order valence-electron chi connectivity index (χ0n) is 12.6. The normalized spacial score (nSPS) is 17.6. The van der Waals surface area contributed by atoms with Crippen LogP contribution in [0.15, 0.2) is 24.3 Å². The highest BCUT2D eigenvalue weighted by atomic mass is 35.5. The fraction of sp³-hybridized carbons (Fsp3) is 0.529. The molecule has 1 saturated heterocycles. The summed E-state index contributed by atoms with van der Waals surface area (Å²) in [5.41, 5.74) is 0. The average molecular weight is 323 g/mol. The minimum Gasteiger partial charge on any atom is -0.311 e. The summed E-state index contributed by atoms with van der Waals surface area (Å²) in [5, 5.41) is 5.66. The van der Waals surface area contributed by atoms with E-state index in [1.165, 1.54) is 40.9 Å². The summed E-state index contributed by atoms with van der Waals surface area (Å²) >= 11 is 8.26. The first-order valence-corrected chi connectivity index (χ1v) is 9.02. The van der Waals surface area contributed by atoms with Gasteiger partial charge in [-0.15, -0.1) is 11.3 Å². The SMILES string of the molecule is CC1CCN(CCNCc2sc3ccccc3c2Cl)CC1. The molecule has 114 valence electrons. The van der Waals surface area contributed by atoms with Gasteiger partial charge in [-0.05, 0) is 37.9 Å². The molecule has 0 aliphatic carbocycles. The first-order valence-electron chi connectivity index (χ1n) is 7.83. The molecule has 1 aromatic heterocycles. The van der Waals surface area contributed by atoms with Gasteiger partial charge < -0.3 is 10.2 Å². The number of halogens is 1. The van der Waals surface area contributed by atoms with Crippen molar-refractivity contribution >= 4 is 33.0 Å². The van der Waals surface area contributed by atoms with Crippen LogP contribution in [0.1, 0.15) is 24.6 Å². The van der Waals surface area contributed by atoms with Crippen molar-refractivity contribution in [3.63, 3.8) is 0 Å². The van der Waals surface area contributed by atoms with E-state index >= 15 is 0 Å². The molecule has 21 heavy (non-hydrogen) atoms. The van der Waals surface area contributed by atoms with Gasteiger partial charge in [-0.3, -0.25) is 0 Å². The summed E-state index contributed by atoms with van der Waals surface area (Å²) in [6, 6.07) is 8.37. The molecule has 0 saturated carbocycles. The van der Waals surface area contributed by atoms with Crippen LogP contribution in [0.2, 0.25) is 5.02 Å². The lowest BCUT2D eigenvalue weighted by Gasteiger charge is -2.30. The van der Waals surface area contributed by atoms with Crippen molar-refractivity contribution in [2.45, 2.75) is 26.3 Å². The number of thiophene rings is 1. The lowest BCUT2D eigenvalue weighted by molar-refractivity contribution is 0.193. The molecule has 0 unspecified atom stereocenters. The van der Waals surface area contributed by atoms with Crippen LogP contribution in [-0.4, -0.2) is 31.1 Å². The topological polar surface area (TPSA) is 15.3 Å². The monoisotopic (exact) mass is 322 g/mol. The first-order chi connectivity index (χ1) is 10.2. The molecule has 0 radical (unpaired) electrons. The Balaban J connectivity index is 1.47. The predicted molar refractivity (Wildman–Crippen MR) is 93.4 cm³/mol. The first kappa shape index (κ1) is 15.3. The van der Waals surface area contributed by atoms with E-state index in [1.54, 1.807) is 11.3 Å². The highest BCUT2D eigenvalue weighted by molar-refractivity contribution is 7.19. The second-order valence-corrected chi connectivity index (χ2v) is 7.55. The van der Waals surface area contributed by atoms with E-state index < -0.39 is 0 Å². The molecule has 2 aromatic rings. The maximum Gasteiger partial charge on any atom is 0.0636 e. The van der Waals surface area contributed by atoms with Crippen LogP contribution < -0.4 is 5.32 Å². The Hall–Kier alpha value is -0.610. The standard InChI is InChI=1S/C17H23ClN2S/c1-13-6-9-20(10-7-13)11-8-19-12-16-17(18)14-4-2-3-5-15(14)21-16/h2-5,13,19H,6-12H2,1H3. The molecule has 0 atom stereocenters. The zero-order valence-corrected chi connectivity index (χ0v) is 14.1. The molecule has 2 heterocycles. The Morgan fingerprint density at radius 2 is 2.05 bits per heavy atom. The molecule has 0 bridgehead atoms. The van der Waals surface area contributed by atoms with Crippen molar-refractivity contribution in [1.29, 1.82) is 0 Å². The minimum atomic E-state index is 0.877. The van der Waals surface area contributed by atoms with Crippen molar-refractivity contribution in [3.8, 4) is 0 Å². The molecule has 4 heteroatoms. The van der Waals surface area contributed by atoms with Crippen molar-refractivity contribution < 1.29 is 0 Å². The lowest BCUT2D eigenvalue weighted by Crippen LogP contribution is -2.37. The second-order valence-electron chi connectivity index (χ2n) is 6.04. The Bertz CT molecular complexity index is 587. The largest absolute Gasteiger partial charge is 0.311 e. The summed E-state index contributed by atoms with van der Waals surface area (Å²) < 4.78 is 1.28. The smallest absolute Gasteiger partial charge is 0.0636 e. The van der Waals surface area contributed by atoms with Gasteiger partial charge in [-0.25, -0.2) is 0 Å². The van der Waals surface area contributed by atoms with Gasteiger partial charge >= 0.3 is 0 Å². The van der Waals surface area contributed by atoms with Crippen LogP contribution in [0.5, 0.6) is 0 Å². The summed E-state index contributed by atoms with van der Waals surface area (Å²) in [4.78, 5) is 3.82. The van der Waals surface area contributed by atoms with Gasteiger partial charge in [0, 0.05) is 34.6 Å². The van der Waals surface area contributed by atoms with E-state index in [0.29, 0.717) is 0 Å². The molecule has 1 N–H and O–H groups in total. The number of hydrogen-bond donors (Lipinski definition) is 1. The van der Waals surface area contributed by atoms with Crippen molar-refractivity contribution in [1.82, 2.24) is 10.2 Å². The lowest BCUT2D eigenvalue weighted by atomic mass is 9.99. The maximum absolute atomic E-state index is 6.46. The van der Waals surface area contributed by atoms with Gasteiger partial charge in [-0.2, -0.15) is 0 Å². The van der Waals surface area contributed by atoms with Gasteiger partial charge in [0.05, 0.1) is 5.02 Å². The molecule has 1 aromatic carbocycles. The number of nitrogens with one attached hydrogen (secondary N) is 1. The summed E-state index contributed by atoms with van der Waals surface area (Å²) in [6.07, 6.45) is 2.70. The third-order valence-corrected chi connectivity index (χ3v) is 6.08. The summed E-state index contributed by atoms with van der Waals surface area (Å²) in [7, 11) is 0. The Morgan fingerprint density at radius 3 is 2.81 bits per heavy atom. The van der Waals surface area contributed by atoms with Crippen LogP contribution in [0.4, 0.5) is 0 Å². The molecule has 2 nitrogen and oxygen atoms in total. The average Bonchev–Trinajstić information content (AvgIpc) is 2.82. The van der Waals surface area contributed by atoms with Gasteiger partial charge in [-0.1, -0.05) is 36.7 Å². The third kappa shape index (κ3) is 3.78. The van der Waals surface area contributed by atoms with E-state index in [9.17, 15) is 0 Å². The Labute approximate surface area is 136 Å². The number of likely N-dealkylation sites (tertiary alicyclic amines) is 1. The van der Waals surface area contributed by atoms with Crippen molar-refractivity contribution in [3.05, 3.63) is 34.2 Å². The van der Waals surface area contributed by atoms with Crippen LogP contribution in [0, 0.1) is 5.92 Å². The van der Waals surface area contributed by atoms with Crippen LogP contribution in [0.25, 0.3) is 10.1 Å². The highest BCUT2D eigenvalue weighted by Crippen LogP contribution is 2.34. The van der Waals surface area contributed by atoms with Crippen LogP contribution in [-0.2, 0) is 6.54 Å². The van der Waals surface area contributed by atoms with E-state index in [1.807, 2.05) is 0 Å². The van der Waals surface area contributed by atoms with Gasteiger partial charge in [0.2, 0.25) is 0 Å². The predicted octanol–water partition coefficient (Wildman–Crippen LogP) is 4.38. The van der Waals surface area contributed by atoms with E-state index in [4.69, 9.17) is 11.6 Å². The Kier molecular flexibility index (Phi) is 5.17. The molecule has 0 spiro atoms. The quantitative estimate of drug-likeness (QED) is 0.822. The number of fused-ring (bicyclic) bond motifs is 1. The van der Waals surface area contributed by atoms with E-state index in [-0.39, 0.29) is 0 Å². The molecule has 1 fully saturated rings. The number of piperidine rings is 1. The van der Waals surface area contributed by atoms with E-state index in [0.717, 1.165) is 30.6 Å². The number of benzene rings is 1.